The fourth-order valence-corrected chi connectivity index (χ4v) is 5.24. The summed E-state index contributed by atoms with van der Waals surface area (Å²) in [6.07, 6.45) is 0. The molecule has 2 aromatic carbocycles. The van der Waals surface area contributed by atoms with Crippen LogP contribution in [0.3, 0.4) is 0 Å². The van der Waals surface area contributed by atoms with E-state index in [1.54, 1.807) is 0 Å². The Labute approximate surface area is 108 Å². The lowest BCUT2D eigenvalue weighted by Crippen LogP contribution is -2.25. The molecule has 0 fully saturated rings. The molecule has 0 aliphatic carbocycles. The average Bonchev–Trinajstić information content (AvgIpc) is 2.39. The minimum absolute atomic E-state index is 0.423. The molecule has 17 heavy (non-hydrogen) atoms. The summed E-state index contributed by atoms with van der Waals surface area (Å²) in [6.45, 7) is 0. The highest BCUT2D eigenvalue weighted by molar-refractivity contribution is 7.75. The first-order valence-electron chi connectivity index (χ1n) is 5.28. The van der Waals surface area contributed by atoms with Crippen LogP contribution in [0.25, 0.3) is 0 Å². The molecule has 0 bridgehead atoms. The monoisotopic (exact) mass is 260 g/mol. The standard InChI is InChI=1S/C12H9O3P.Al.2H/c13-16(14)11-7-3-1-5-9(11)15-10-6-2-4-8-12(10)16;;;/h1-8H,(H,13,14);;;/q;+1;;/p-1. The molecule has 3 rings (SSSR count). The van der Waals surface area contributed by atoms with Gasteiger partial charge >= 0.3 is 16.6 Å². The number of fused-ring (bicyclic) bond motifs is 2. The summed E-state index contributed by atoms with van der Waals surface area (Å²) in [5.74, 6) is 1.26. The molecule has 2 aromatic rings. The second kappa shape index (κ2) is 4.01. The summed E-state index contributed by atoms with van der Waals surface area (Å²) in [7, 11) is -2.94. The van der Waals surface area contributed by atoms with Gasteiger partial charge in [0.05, 0.1) is 10.6 Å². The Morgan fingerprint density at radius 1 is 0.941 bits per heavy atom. The maximum atomic E-state index is 13.0. The Bertz CT molecular complexity index is 577. The zero-order valence-corrected chi connectivity index (χ0v) is 12.2. The first-order valence-corrected chi connectivity index (χ1v) is 7.72. The zero-order chi connectivity index (χ0) is 11.9. The van der Waals surface area contributed by atoms with E-state index in [2.05, 4.69) is 0 Å². The third-order valence-corrected chi connectivity index (χ3v) is 6.91. The molecule has 0 atom stereocenters. The summed E-state index contributed by atoms with van der Waals surface area (Å²) >= 11 is 0.423. The van der Waals surface area contributed by atoms with Crippen LogP contribution >= 0.6 is 7.37 Å². The van der Waals surface area contributed by atoms with Gasteiger partial charge < -0.3 is 8.31 Å². The molecule has 84 valence electrons. The second-order valence-corrected chi connectivity index (χ2v) is 7.30. The topological polar surface area (TPSA) is 35.5 Å². The Morgan fingerprint density at radius 2 is 1.41 bits per heavy atom. The van der Waals surface area contributed by atoms with Crippen LogP contribution in [0.1, 0.15) is 0 Å². The summed E-state index contributed by atoms with van der Waals surface area (Å²) in [5, 5.41) is 1.32. The molecule has 1 aliphatic rings. The van der Waals surface area contributed by atoms with Crippen molar-refractivity contribution in [3.63, 3.8) is 0 Å². The molecule has 5 heteroatoms. The van der Waals surface area contributed by atoms with Gasteiger partial charge in [0.2, 0.25) is 7.37 Å². The van der Waals surface area contributed by atoms with E-state index in [9.17, 15) is 4.57 Å². The minimum atomic E-state index is -2.94. The molecule has 0 aromatic heterocycles. The van der Waals surface area contributed by atoms with Gasteiger partial charge in [-0.05, 0) is 24.3 Å². The highest BCUT2D eigenvalue weighted by atomic mass is 31.2. The van der Waals surface area contributed by atoms with Crippen LogP contribution in [-0.4, -0.2) is 16.6 Å². The molecular formula is C12H10AlO3P. The van der Waals surface area contributed by atoms with E-state index in [0.29, 0.717) is 38.7 Å². The van der Waals surface area contributed by atoms with Crippen LogP contribution in [0.2, 0.25) is 0 Å². The molecular weight excluding hydrogens is 250 g/mol. The van der Waals surface area contributed by atoms with E-state index in [1.807, 2.05) is 48.5 Å². The number of benzene rings is 2. The van der Waals surface area contributed by atoms with Crippen LogP contribution < -0.4 is 15.3 Å². The molecule has 0 amide bonds. The van der Waals surface area contributed by atoms with E-state index in [1.165, 1.54) is 0 Å². The van der Waals surface area contributed by atoms with Gasteiger partial charge in [0, 0.05) is 0 Å². The Morgan fingerprint density at radius 3 is 1.88 bits per heavy atom. The van der Waals surface area contributed by atoms with Crippen LogP contribution in [0.15, 0.2) is 48.5 Å². The lowest BCUT2D eigenvalue weighted by molar-refractivity contribution is 0.473. The molecule has 0 N–H and O–H groups in total. The highest BCUT2D eigenvalue weighted by Gasteiger charge is 2.36. The number of para-hydroxylation sites is 2. The molecule has 0 saturated carbocycles. The zero-order valence-electron chi connectivity index (χ0n) is 9.29. The lowest BCUT2D eigenvalue weighted by Gasteiger charge is -2.27. The van der Waals surface area contributed by atoms with E-state index < -0.39 is 7.37 Å². The van der Waals surface area contributed by atoms with E-state index in [4.69, 9.17) is 8.31 Å². The van der Waals surface area contributed by atoms with Crippen LogP contribution in [0, 0.1) is 0 Å². The lowest BCUT2D eigenvalue weighted by atomic mass is 10.3. The van der Waals surface area contributed by atoms with Gasteiger partial charge in [-0.2, -0.15) is 0 Å². The fourth-order valence-electron chi connectivity index (χ4n) is 2.02. The van der Waals surface area contributed by atoms with E-state index >= 15 is 0 Å². The van der Waals surface area contributed by atoms with E-state index in [-0.39, 0.29) is 0 Å². The highest BCUT2D eigenvalue weighted by Crippen LogP contribution is 2.51. The summed E-state index contributed by atoms with van der Waals surface area (Å²) in [6, 6.07) is 14.7. The van der Waals surface area contributed by atoms with Gasteiger partial charge in [0.15, 0.2) is 0 Å². The quantitative estimate of drug-likeness (QED) is 0.577. The Balaban J connectivity index is 2.33. The van der Waals surface area contributed by atoms with Crippen LogP contribution in [0.4, 0.5) is 0 Å². The summed E-state index contributed by atoms with van der Waals surface area (Å²) in [4.78, 5) is 0. The van der Waals surface area contributed by atoms with Gasteiger partial charge in [-0.3, -0.25) is 4.57 Å². The Hall–Kier alpha value is -1.04. The van der Waals surface area contributed by atoms with Crippen molar-refractivity contribution < 1.29 is 12.9 Å². The first kappa shape index (κ1) is 11.1. The average molecular weight is 260 g/mol. The number of ether oxygens (including phenoxy) is 1. The number of rotatable bonds is 1. The number of hydrogen-bond acceptors (Lipinski definition) is 3. The van der Waals surface area contributed by atoms with Gasteiger partial charge in [-0.25, -0.2) is 0 Å². The van der Waals surface area contributed by atoms with Crippen molar-refractivity contribution in [1.29, 1.82) is 0 Å². The van der Waals surface area contributed by atoms with Gasteiger partial charge in [0.25, 0.3) is 0 Å². The second-order valence-electron chi connectivity index (χ2n) is 3.77. The third-order valence-electron chi connectivity index (χ3n) is 2.84. The fraction of sp³-hybridized carbons (Fsp3) is 0. The van der Waals surface area contributed by atoms with Crippen molar-refractivity contribution in [3.05, 3.63) is 48.5 Å². The minimum Gasteiger partial charge on any atom is -0.456 e. The molecule has 3 nitrogen and oxygen atoms in total. The molecule has 0 radical (unpaired) electrons. The number of hydrogen-bond donors (Lipinski definition) is 0. The molecule has 1 heterocycles. The van der Waals surface area contributed by atoms with Crippen molar-refractivity contribution in [1.82, 2.24) is 0 Å². The van der Waals surface area contributed by atoms with Gasteiger partial charge in [-0.15, -0.1) is 0 Å². The third kappa shape index (κ3) is 1.57. The SMILES string of the molecule is O=P1([O][AlH2])c2ccccc2Oc2ccccc21. The van der Waals surface area contributed by atoms with E-state index in [0.717, 1.165) is 0 Å². The van der Waals surface area contributed by atoms with Crippen molar-refractivity contribution in [3.8, 4) is 11.5 Å². The predicted octanol–water partition coefficient (Wildman–Crippen LogP) is 1.59. The van der Waals surface area contributed by atoms with Gasteiger partial charge in [-0.1, -0.05) is 24.3 Å². The molecule has 1 aliphatic heterocycles. The largest absolute Gasteiger partial charge is 0.456 e. The van der Waals surface area contributed by atoms with Gasteiger partial charge in [0.1, 0.15) is 11.5 Å². The predicted molar refractivity (Wildman–Crippen MR) is 69.5 cm³/mol. The van der Waals surface area contributed by atoms with Crippen molar-refractivity contribution in [2.75, 3.05) is 0 Å². The molecule has 0 saturated heterocycles. The van der Waals surface area contributed by atoms with Crippen molar-refractivity contribution in [2.24, 2.45) is 0 Å². The van der Waals surface area contributed by atoms with Crippen molar-refractivity contribution in [2.45, 2.75) is 0 Å². The molecule has 0 unspecified atom stereocenters. The normalized spacial score (nSPS) is 15.5. The summed E-state index contributed by atoms with van der Waals surface area (Å²) < 4.78 is 24.2. The molecule has 0 spiro atoms. The Kier molecular flexibility index (Phi) is 2.61. The summed E-state index contributed by atoms with van der Waals surface area (Å²) in [5.41, 5.74) is 0. The van der Waals surface area contributed by atoms with Crippen molar-refractivity contribution >= 4 is 34.6 Å². The first-order chi connectivity index (χ1) is 8.25. The van der Waals surface area contributed by atoms with Crippen LogP contribution in [0.5, 0.6) is 11.5 Å². The maximum Gasteiger partial charge on any atom is 0.420 e. The smallest absolute Gasteiger partial charge is 0.420 e. The maximum absolute atomic E-state index is 13.0. The van der Waals surface area contributed by atoms with Crippen LogP contribution in [-0.2, 0) is 8.14 Å².